The van der Waals surface area contributed by atoms with Gasteiger partial charge in [-0.05, 0) is 18.2 Å². The molecule has 0 aliphatic carbocycles. The minimum Gasteiger partial charge on any atom is -0.321 e. The molecule has 0 bridgehead atoms. The summed E-state index contributed by atoms with van der Waals surface area (Å²) in [6, 6.07) is 17.3. The first kappa shape index (κ1) is 11.3. The van der Waals surface area contributed by atoms with E-state index in [9.17, 15) is 4.79 Å². The van der Waals surface area contributed by atoms with Crippen molar-refractivity contribution >= 4 is 11.6 Å². The van der Waals surface area contributed by atoms with Crippen LogP contribution in [0.5, 0.6) is 0 Å². The van der Waals surface area contributed by atoms with Gasteiger partial charge in [-0.3, -0.25) is 4.79 Å². The monoisotopic (exact) mass is 245 g/mol. The number of carbonyl (C=O) groups is 1. The summed E-state index contributed by atoms with van der Waals surface area (Å²) in [5, 5.41) is 2.83. The molecule has 0 radical (unpaired) electrons. The van der Waals surface area contributed by atoms with Crippen LogP contribution in [0.3, 0.4) is 0 Å². The maximum Gasteiger partial charge on any atom is 0.256 e. The van der Waals surface area contributed by atoms with E-state index < -0.39 is 0 Å². The first-order valence-corrected chi connectivity index (χ1v) is 6.02. The number of allylic oxidation sites excluding steroid dienone is 1. The molecule has 2 aromatic carbocycles. The van der Waals surface area contributed by atoms with E-state index in [-0.39, 0.29) is 5.91 Å². The summed E-state index contributed by atoms with van der Waals surface area (Å²) >= 11 is 0. The van der Waals surface area contributed by atoms with E-state index >= 15 is 0 Å². The Hall–Kier alpha value is -2.79. The molecule has 0 unspecified atom stereocenters. The minimum absolute atomic E-state index is 0.0663. The molecular formula is C17H11NO. The Balaban J connectivity index is 1.91. The highest BCUT2D eigenvalue weighted by atomic mass is 16.1. The second kappa shape index (κ2) is 4.83. The second-order valence-corrected chi connectivity index (χ2v) is 4.19. The predicted octanol–water partition coefficient (Wildman–Crippen LogP) is 2.82. The van der Waals surface area contributed by atoms with Crippen LogP contribution in [-0.4, -0.2) is 5.91 Å². The fourth-order valence-electron chi connectivity index (χ4n) is 2.00. The molecule has 0 spiro atoms. The summed E-state index contributed by atoms with van der Waals surface area (Å²) in [7, 11) is 0. The van der Waals surface area contributed by atoms with Gasteiger partial charge >= 0.3 is 0 Å². The smallest absolute Gasteiger partial charge is 0.256 e. The highest BCUT2D eigenvalue weighted by Crippen LogP contribution is 2.23. The van der Waals surface area contributed by atoms with Gasteiger partial charge in [-0.2, -0.15) is 0 Å². The molecule has 0 saturated heterocycles. The van der Waals surface area contributed by atoms with Gasteiger partial charge in [-0.25, -0.2) is 0 Å². The molecule has 2 nitrogen and oxygen atoms in total. The fraction of sp³-hybridized carbons (Fsp3) is 0. The molecular weight excluding hydrogens is 234 g/mol. The number of hydrogen-bond donors (Lipinski definition) is 1. The third-order valence-electron chi connectivity index (χ3n) is 2.92. The summed E-state index contributed by atoms with van der Waals surface area (Å²) in [5.74, 6) is 5.95. The zero-order chi connectivity index (χ0) is 13.1. The molecule has 0 atom stereocenters. The lowest BCUT2D eigenvalue weighted by molar-refractivity contribution is 0.0981. The lowest BCUT2D eigenvalue weighted by Gasteiger charge is -1.95. The Morgan fingerprint density at radius 3 is 2.37 bits per heavy atom. The second-order valence-electron chi connectivity index (χ2n) is 4.19. The molecule has 1 aliphatic heterocycles. The largest absolute Gasteiger partial charge is 0.321 e. The highest BCUT2D eigenvalue weighted by Gasteiger charge is 2.21. The minimum atomic E-state index is -0.0663. The van der Waals surface area contributed by atoms with Crippen LogP contribution < -0.4 is 5.32 Å². The van der Waals surface area contributed by atoms with Crippen LogP contribution in [0.25, 0.3) is 5.70 Å². The maximum absolute atomic E-state index is 11.7. The van der Waals surface area contributed by atoms with Crippen molar-refractivity contribution in [3.63, 3.8) is 0 Å². The topological polar surface area (TPSA) is 29.1 Å². The van der Waals surface area contributed by atoms with E-state index in [1.807, 2.05) is 54.6 Å². The lowest BCUT2D eigenvalue weighted by atomic mass is 10.1. The average molecular weight is 245 g/mol. The van der Waals surface area contributed by atoms with Crippen molar-refractivity contribution in [3.05, 3.63) is 77.4 Å². The van der Waals surface area contributed by atoms with E-state index in [0.717, 1.165) is 16.8 Å². The zero-order valence-corrected chi connectivity index (χ0v) is 10.2. The van der Waals surface area contributed by atoms with Crippen molar-refractivity contribution < 1.29 is 4.79 Å². The van der Waals surface area contributed by atoms with E-state index in [0.29, 0.717) is 5.56 Å². The van der Waals surface area contributed by atoms with Gasteiger partial charge in [0.25, 0.3) is 5.91 Å². The third-order valence-corrected chi connectivity index (χ3v) is 2.92. The number of benzene rings is 2. The van der Waals surface area contributed by atoms with E-state index in [1.165, 1.54) is 0 Å². The average Bonchev–Trinajstić information content (AvgIpc) is 2.78. The fourth-order valence-corrected chi connectivity index (χ4v) is 2.00. The van der Waals surface area contributed by atoms with Crippen LogP contribution in [0, 0.1) is 11.8 Å². The highest BCUT2D eigenvalue weighted by molar-refractivity contribution is 6.09. The third kappa shape index (κ3) is 2.27. The number of nitrogens with one attached hydrogen (secondary N) is 1. The summed E-state index contributed by atoms with van der Waals surface area (Å²) < 4.78 is 0. The molecule has 19 heavy (non-hydrogen) atoms. The Labute approximate surface area is 111 Å². The molecule has 0 fully saturated rings. The van der Waals surface area contributed by atoms with Crippen LogP contribution >= 0.6 is 0 Å². The zero-order valence-electron chi connectivity index (χ0n) is 10.2. The quantitative estimate of drug-likeness (QED) is 0.710. The first-order valence-electron chi connectivity index (χ1n) is 6.02. The standard InChI is InChI=1S/C17H11NO/c19-17-15-11-5-4-10-14(15)16(18-17)12-6-9-13-7-2-1-3-8-13/h1-5,7-8,10-12H,(H,18,19)/b16-12-. The number of fused-ring (bicyclic) bond motifs is 1. The molecule has 1 amide bonds. The Bertz CT molecular complexity index is 718. The van der Waals surface area contributed by atoms with Crippen molar-refractivity contribution in [2.45, 2.75) is 0 Å². The van der Waals surface area contributed by atoms with Gasteiger partial charge in [-0.1, -0.05) is 48.2 Å². The molecule has 90 valence electrons. The van der Waals surface area contributed by atoms with E-state index in [1.54, 1.807) is 6.08 Å². The van der Waals surface area contributed by atoms with Gasteiger partial charge in [-0.15, -0.1) is 0 Å². The van der Waals surface area contributed by atoms with Crippen molar-refractivity contribution in [1.29, 1.82) is 0 Å². The van der Waals surface area contributed by atoms with E-state index in [4.69, 9.17) is 0 Å². The molecule has 1 N–H and O–H groups in total. The van der Waals surface area contributed by atoms with Crippen molar-refractivity contribution in [2.75, 3.05) is 0 Å². The molecule has 2 aromatic rings. The summed E-state index contributed by atoms with van der Waals surface area (Å²) in [4.78, 5) is 11.7. The molecule has 2 heteroatoms. The lowest BCUT2D eigenvalue weighted by Crippen LogP contribution is -2.11. The summed E-state index contributed by atoms with van der Waals surface area (Å²) in [5.41, 5.74) is 3.34. The van der Waals surface area contributed by atoms with E-state index in [2.05, 4.69) is 17.2 Å². The number of carbonyl (C=O) groups excluding carboxylic acids is 1. The summed E-state index contributed by atoms with van der Waals surface area (Å²) in [6.45, 7) is 0. The summed E-state index contributed by atoms with van der Waals surface area (Å²) in [6.07, 6.45) is 1.75. The van der Waals surface area contributed by atoms with Gasteiger partial charge in [0.2, 0.25) is 0 Å². The SMILES string of the molecule is O=C1N/C(=C\C#Cc2ccccc2)c2ccccc21. The van der Waals surface area contributed by atoms with Gasteiger partial charge in [0.05, 0.1) is 5.70 Å². The van der Waals surface area contributed by atoms with Crippen molar-refractivity contribution in [2.24, 2.45) is 0 Å². The molecule has 3 rings (SSSR count). The molecule has 1 heterocycles. The van der Waals surface area contributed by atoms with Crippen LogP contribution in [-0.2, 0) is 0 Å². The molecule has 0 aromatic heterocycles. The Kier molecular flexibility index (Phi) is 2.88. The van der Waals surface area contributed by atoms with Gasteiger partial charge in [0.15, 0.2) is 0 Å². The van der Waals surface area contributed by atoms with Crippen molar-refractivity contribution in [3.8, 4) is 11.8 Å². The predicted molar refractivity (Wildman–Crippen MR) is 75.2 cm³/mol. The number of hydrogen-bond acceptors (Lipinski definition) is 1. The van der Waals surface area contributed by atoms with Crippen LogP contribution in [0.2, 0.25) is 0 Å². The van der Waals surface area contributed by atoms with Crippen LogP contribution in [0.15, 0.2) is 60.7 Å². The normalized spacial score (nSPS) is 14.5. The molecule has 1 aliphatic rings. The van der Waals surface area contributed by atoms with Gasteiger partial charge in [0.1, 0.15) is 0 Å². The Morgan fingerprint density at radius 1 is 0.895 bits per heavy atom. The van der Waals surface area contributed by atoms with Crippen LogP contribution in [0.1, 0.15) is 21.5 Å². The first-order chi connectivity index (χ1) is 9.34. The number of rotatable bonds is 0. The Morgan fingerprint density at radius 2 is 1.58 bits per heavy atom. The van der Waals surface area contributed by atoms with Gasteiger partial charge < -0.3 is 5.32 Å². The van der Waals surface area contributed by atoms with Crippen LogP contribution in [0.4, 0.5) is 0 Å². The van der Waals surface area contributed by atoms with Gasteiger partial charge in [0, 0.05) is 22.8 Å². The van der Waals surface area contributed by atoms with Crippen molar-refractivity contribution in [1.82, 2.24) is 5.32 Å². The maximum atomic E-state index is 11.7. The number of amides is 1. The molecule has 0 saturated carbocycles.